The third-order valence-electron chi connectivity index (χ3n) is 17.0. The SMILES string of the molecule is CC(C)(C)c1cc(-c2cccc3cccc(-c4ccccc4N(c4cccc(-c5cccc6oc7ccccc7c56)c4)c4ccccc4-c4ccc5c(c4)C(c4ccccc4)(c4ccccc4)c4ccccc4-5)c23)cc(C(C)(C)C)c1. The van der Waals surface area contributed by atoms with E-state index in [1.807, 2.05) is 6.07 Å². The first-order chi connectivity index (χ1) is 39.4. The van der Waals surface area contributed by atoms with E-state index in [2.05, 4.69) is 313 Å². The van der Waals surface area contributed by atoms with Crippen LogP contribution in [0.25, 0.3) is 88.3 Å². The summed E-state index contributed by atoms with van der Waals surface area (Å²) < 4.78 is 6.50. The summed E-state index contributed by atoms with van der Waals surface area (Å²) in [6.07, 6.45) is 0. The number of benzene rings is 12. The Morgan fingerprint density at radius 3 is 1.52 bits per heavy atom. The topological polar surface area (TPSA) is 16.4 Å². The third-order valence-corrected chi connectivity index (χ3v) is 17.0. The van der Waals surface area contributed by atoms with Crippen LogP contribution in [0.1, 0.15) is 74.9 Å². The van der Waals surface area contributed by atoms with Gasteiger partial charge >= 0.3 is 0 Å². The molecule has 2 nitrogen and oxygen atoms in total. The number of anilines is 3. The Balaban J connectivity index is 1.02. The zero-order valence-corrected chi connectivity index (χ0v) is 46.8. The lowest BCUT2D eigenvalue weighted by molar-refractivity contribution is 0.569. The zero-order chi connectivity index (χ0) is 55.0. The Bertz CT molecular complexity index is 4470. The van der Waals surface area contributed by atoms with E-state index in [-0.39, 0.29) is 10.8 Å². The fourth-order valence-corrected chi connectivity index (χ4v) is 13.1. The normalized spacial score (nSPS) is 12.9. The van der Waals surface area contributed by atoms with Gasteiger partial charge in [-0.15, -0.1) is 0 Å². The highest BCUT2D eigenvalue weighted by Crippen LogP contribution is 2.58. The smallest absolute Gasteiger partial charge is 0.136 e. The number of furan rings is 1. The molecule has 1 aromatic heterocycles. The summed E-state index contributed by atoms with van der Waals surface area (Å²) in [6.45, 7) is 14.0. The molecule has 14 rings (SSSR count). The first-order valence-corrected chi connectivity index (χ1v) is 28.5. The Morgan fingerprint density at radius 2 is 0.827 bits per heavy atom. The van der Waals surface area contributed by atoms with Gasteiger partial charge in [0.15, 0.2) is 0 Å². The molecule has 1 heterocycles. The van der Waals surface area contributed by atoms with Crippen molar-refractivity contribution in [2.24, 2.45) is 0 Å². The molecule has 12 aromatic carbocycles. The molecule has 0 saturated carbocycles. The number of nitrogens with zero attached hydrogens (tertiary/aromatic N) is 1. The van der Waals surface area contributed by atoms with Crippen molar-refractivity contribution in [3.05, 3.63) is 306 Å². The van der Waals surface area contributed by atoms with Gasteiger partial charge in [0.05, 0.1) is 16.8 Å². The van der Waals surface area contributed by atoms with Crippen molar-refractivity contribution in [1.82, 2.24) is 0 Å². The monoisotopic (exact) mass is 1040 g/mol. The highest BCUT2D eigenvalue weighted by atomic mass is 16.3. The molecular weight excluding hydrogens is 979 g/mol. The van der Waals surface area contributed by atoms with Gasteiger partial charge in [0, 0.05) is 27.6 Å². The summed E-state index contributed by atoms with van der Waals surface area (Å²) in [4.78, 5) is 2.52. The quantitative estimate of drug-likeness (QED) is 0.143. The van der Waals surface area contributed by atoms with Crippen LogP contribution in [-0.2, 0) is 16.2 Å². The molecule has 0 spiro atoms. The molecule has 0 amide bonds. The van der Waals surface area contributed by atoms with E-state index in [0.717, 1.165) is 66.8 Å². The van der Waals surface area contributed by atoms with Crippen molar-refractivity contribution in [2.45, 2.75) is 57.8 Å². The van der Waals surface area contributed by atoms with E-state index in [9.17, 15) is 0 Å². The molecule has 0 N–H and O–H groups in total. The number of hydrogen-bond donors (Lipinski definition) is 0. The van der Waals surface area contributed by atoms with Crippen LogP contribution in [0.15, 0.2) is 277 Å². The summed E-state index contributed by atoms with van der Waals surface area (Å²) in [7, 11) is 0. The van der Waals surface area contributed by atoms with Gasteiger partial charge in [0.2, 0.25) is 0 Å². The van der Waals surface area contributed by atoms with E-state index >= 15 is 0 Å². The van der Waals surface area contributed by atoms with Gasteiger partial charge < -0.3 is 9.32 Å². The Kier molecular flexibility index (Phi) is 11.9. The lowest BCUT2D eigenvalue weighted by Crippen LogP contribution is -2.28. The van der Waals surface area contributed by atoms with Crippen LogP contribution in [0.2, 0.25) is 0 Å². The molecule has 0 saturated heterocycles. The molecule has 0 bridgehead atoms. The van der Waals surface area contributed by atoms with Crippen molar-refractivity contribution in [3.63, 3.8) is 0 Å². The molecule has 0 unspecified atom stereocenters. The van der Waals surface area contributed by atoms with Crippen LogP contribution in [-0.4, -0.2) is 0 Å². The second kappa shape index (κ2) is 19.4. The van der Waals surface area contributed by atoms with Crippen LogP contribution in [0.5, 0.6) is 0 Å². The van der Waals surface area contributed by atoms with Crippen LogP contribution in [0.3, 0.4) is 0 Å². The molecule has 2 heteroatoms. The number of fused-ring (bicyclic) bond motifs is 7. The maximum Gasteiger partial charge on any atom is 0.136 e. The van der Waals surface area contributed by atoms with E-state index in [0.29, 0.717) is 0 Å². The minimum absolute atomic E-state index is 0.0396. The lowest BCUT2D eigenvalue weighted by atomic mass is 9.67. The van der Waals surface area contributed by atoms with Crippen LogP contribution >= 0.6 is 0 Å². The Labute approximate surface area is 476 Å². The highest BCUT2D eigenvalue weighted by molar-refractivity contribution is 6.13. The zero-order valence-electron chi connectivity index (χ0n) is 46.8. The van der Waals surface area contributed by atoms with Crippen LogP contribution < -0.4 is 4.90 Å². The standard InChI is InChI=1S/C79H63NO/c1-77(2,3)58-47-55(48-59(51-58)78(4,5)6)63-37-22-25-52-26-23-39-67(75(52)63)66-35-15-19-42-72(66)80(60-32-21-27-53(49-60)62-38-24-44-74-76(62)68-36-16-20-43-73(68)81-74)71-41-18-14-33-61(71)54-45-46-65-64-34-13-17-40-69(64)79(70(65)50-54,56-28-9-7-10-29-56)57-30-11-8-12-31-57/h7-51H,1-6H3. The molecule has 1 aliphatic carbocycles. The first-order valence-electron chi connectivity index (χ1n) is 28.5. The Hall–Kier alpha value is -9.50. The van der Waals surface area contributed by atoms with Crippen LogP contribution in [0, 0.1) is 0 Å². The predicted molar refractivity (Wildman–Crippen MR) is 342 cm³/mol. The molecule has 81 heavy (non-hydrogen) atoms. The van der Waals surface area contributed by atoms with Gasteiger partial charge in [-0.25, -0.2) is 0 Å². The molecule has 1 aliphatic rings. The maximum absolute atomic E-state index is 6.50. The predicted octanol–water partition coefficient (Wildman–Crippen LogP) is 21.8. The van der Waals surface area contributed by atoms with Crippen molar-refractivity contribution < 1.29 is 4.42 Å². The van der Waals surface area contributed by atoms with Gasteiger partial charge in [-0.3, -0.25) is 0 Å². The molecule has 13 aromatic rings. The van der Waals surface area contributed by atoms with Crippen molar-refractivity contribution in [1.29, 1.82) is 0 Å². The number of para-hydroxylation sites is 3. The fraction of sp³-hybridized carbons (Fsp3) is 0.114. The molecule has 390 valence electrons. The van der Waals surface area contributed by atoms with E-state index < -0.39 is 5.41 Å². The lowest BCUT2D eigenvalue weighted by Gasteiger charge is -2.34. The molecule has 0 atom stereocenters. The average Bonchev–Trinajstić information content (AvgIpc) is 4.23. The minimum Gasteiger partial charge on any atom is -0.456 e. The third kappa shape index (κ3) is 8.31. The van der Waals surface area contributed by atoms with Gasteiger partial charge in [0.1, 0.15) is 11.2 Å². The summed E-state index contributed by atoms with van der Waals surface area (Å²) >= 11 is 0. The van der Waals surface area contributed by atoms with Gasteiger partial charge in [-0.1, -0.05) is 272 Å². The molecular formula is C79H63NO. The summed E-state index contributed by atoms with van der Waals surface area (Å²) in [5, 5.41) is 4.66. The summed E-state index contributed by atoms with van der Waals surface area (Å²) in [6, 6.07) is 101. The summed E-state index contributed by atoms with van der Waals surface area (Å²) in [5.41, 5.74) is 23.9. The van der Waals surface area contributed by atoms with Crippen molar-refractivity contribution in [3.8, 4) is 55.6 Å². The second-order valence-electron chi connectivity index (χ2n) is 24.0. The van der Waals surface area contributed by atoms with Crippen molar-refractivity contribution in [2.75, 3.05) is 4.90 Å². The summed E-state index contributed by atoms with van der Waals surface area (Å²) in [5.74, 6) is 0. The van der Waals surface area contributed by atoms with E-state index in [1.165, 1.54) is 72.0 Å². The largest absolute Gasteiger partial charge is 0.456 e. The maximum atomic E-state index is 6.50. The van der Waals surface area contributed by atoms with Gasteiger partial charge in [-0.05, 0) is 142 Å². The number of rotatable bonds is 9. The van der Waals surface area contributed by atoms with Crippen LogP contribution in [0.4, 0.5) is 17.1 Å². The van der Waals surface area contributed by atoms with E-state index in [1.54, 1.807) is 0 Å². The minimum atomic E-state index is -0.551. The first kappa shape index (κ1) is 49.8. The second-order valence-corrected chi connectivity index (χ2v) is 24.0. The van der Waals surface area contributed by atoms with Gasteiger partial charge in [0.25, 0.3) is 0 Å². The fourth-order valence-electron chi connectivity index (χ4n) is 13.1. The molecule has 0 radical (unpaired) electrons. The van der Waals surface area contributed by atoms with Crippen molar-refractivity contribution >= 4 is 49.8 Å². The molecule has 0 fully saturated rings. The average molecular weight is 1040 g/mol. The molecule has 0 aliphatic heterocycles. The number of hydrogen-bond acceptors (Lipinski definition) is 2. The van der Waals surface area contributed by atoms with E-state index in [4.69, 9.17) is 4.42 Å². The van der Waals surface area contributed by atoms with Gasteiger partial charge in [-0.2, -0.15) is 0 Å². The Morgan fingerprint density at radius 1 is 0.321 bits per heavy atom. The highest BCUT2D eigenvalue weighted by Gasteiger charge is 2.46.